The Morgan fingerprint density at radius 2 is 0.320 bits per heavy atom. The van der Waals surface area contributed by atoms with Gasteiger partial charge in [-0.15, -0.1) is 0 Å². The molecule has 0 fully saturated rings. The Hall–Kier alpha value is -6.24. The van der Waals surface area contributed by atoms with Crippen LogP contribution in [-0.2, 0) is 0 Å². The van der Waals surface area contributed by atoms with Gasteiger partial charge in [-0.2, -0.15) is 0 Å². The van der Waals surface area contributed by atoms with Crippen molar-refractivity contribution < 1.29 is 0 Å². The highest BCUT2D eigenvalue weighted by molar-refractivity contribution is 5.68. The number of hydrogen-bond donors (Lipinski definition) is 0. The predicted molar refractivity (Wildman–Crippen MR) is 211 cm³/mol. The third-order valence-corrected chi connectivity index (χ3v) is 9.84. The minimum absolute atomic E-state index is 0.0785. The molecule has 0 atom stereocenters. The SMILES string of the molecule is c1ccc(-c2ccc(C(c3ccc(-c4ccccc4)cc3)C(c3ccc(-c4ccccc4)cc3)c3ccc(-c4ccccc4)cc3)cc2)cc1. The predicted octanol–water partition coefficient (Wildman–Crippen LogP) is 13.3. The molecule has 0 nitrogen and oxygen atoms in total. The second kappa shape index (κ2) is 14.5. The molecule has 0 N–H and O–H groups in total. The summed E-state index contributed by atoms with van der Waals surface area (Å²) in [6.07, 6.45) is 0. The van der Waals surface area contributed by atoms with E-state index in [0.717, 1.165) is 0 Å². The number of benzene rings is 8. The van der Waals surface area contributed by atoms with E-state index in [1.807, 2.05) is 0 Å². The van der Waals surface area contributed by atoms with Crippen molar-refractivity contribution >= 4 is 0 Å². The topological polar surface area (TPSA) is 0 Å². The Kier molecular flexibility index (Phi) is 8.99. The van der Waals surface area contributed by atoms with Gasteiger partial charge in [-0.05, 0) is 66.8 Å². The second-order valence-electron chi connectivity index (χ2n) is 12.9. The molecule has 0 spiro atoms. The molecule has 0 aromatic heterocycles. The highest BCUT2D eigenvalue weighted by Gasteiger charge is 2.29. The lowest BCUT2D eigenvalue weighted by Crippen LogP contribution is -2.15. The van der Waals surface area contributed by atoms with Crippen LogP contribution in [-0.4, -0.2) is 0 Å². The highest BCUT2D eigenvalue weighted by atomic mass is 14.3. The van der Waals surface area contributed by atoms with Crippen molar-refractivity contribution in [2.45, 2.75) is 11.8 Å². The van der Waals surface area contributed by atoms with Gasteiger partial charge in [0, 0.05) is 11.8 Å². The third kappa shape index (κ3) is 6.70. The summed E-state index contributed by atoms with van der Waals surface area (Å²) in [5, 5.41) is 0. The van der Waals surface area contributed by atoms with Gasteiger partial charge in [0.15, 0.2) is 0 Å². The van der Waals surface area contributed by atoms with Crippen molar-refractivity contribution in [3.8, 4) is 44.5 Å². The first kappa shape index (κ1) is 31.1. The summed E-state index contributed by atoms with van der Waals surface area (Å²) < 4.78 is 0. The molecule has 0 aliphatic rings. The summed E-state index contributed by atoms with van der Waals surface area (Å²) in [6, 6.07) is 79.5. The molecular formula is C50H38. The van der Waals surface area contributed by atoms with Crippen LogP contribution in [0.1, 0.15) is 34.1 Å². The van der Waals surface area contributed by atoms with Crippen LogP contribution in [0.25, 0.3) is 44.5 Å². The largest absolute Gasteiger partial charge is 0.0622 e. The molecule has 0 aliphatic carbocycles. The molecule has 0 saturated heterocycles. The zero-order valence-electron chi connectivity index (χ0n) is 27.9. The average molecular weight is 639 g/mol. The van der Waals surface area contributed by atoms with E-state index < -0.39 is 0 Å². The Morgan fingerprint density at radius 3 is 0.500 bits per heavy atom. The maximum Gasteiger partial charge on any atom is 0.0199 e. The van der Waals surface area contributed by atoms with Gasteiger partial charge in [0.05, 0.1) is 0 Å². The fraction of sp³-hybridized carbons (Fsp3) is 0.0400. The first-order valence-electron chi connectivity index (χ1n) is 17.4. The smallest absolute Gasteiger partial charge is 0.0199 e. The summed E-state index contributed by atoms with van der Waals surface area (Å²) in [7, 11) is 0. The van der Waals surface area contributed by atoms with E-state index in [0.29, 0.717) is 0 Å². The summed E-state index contributed by atoms with van der Waals surface area (Å²) >= 11 is 0. The summed E-state index contributed by atoms with van der Waals surface area (Å²) in [5.74, 6) is 0.157. The van der Waals surface area contributed by atoms with E-state index in [1.165, 1.54) is 66.8 Å². The quantitative estimate of drug-likeness (QED) is 0.148. The average Bonchev–Trinajstić information content (AvgIpc) is 3.22. The monoisotopic (exact) mass is 638 g/mol. The molecule has 0 heteroatoms. The van der Waals surface area contributed by atoms with Crippen LogP contribution in [0.4, 0.5) is 0 Å². The molecule has 0 amide bonds. The standard InChI is InChI=1S/C50H38/c1-5-13-37(14-6-1)41-21-29-45(30-22-41)49(46-31-23-42(24-32-46)38-15-7-2-8-16-38)50(47-33-25-43(26-34-47)39-17-9-3-10-18-39)48-35-27-44(28-36-48)40-19-11-4-12-20-40/h1-36,49-50H. The summed E-state index contributed by atoms with van der Waals surface area (Å²) in [6.45, 7) is 0. The second-order valence-corrected chi connectivity index (χ2v) is 12.9. The lowest BCUT2D eigenvalue weighted by molar-refractivity contribution is 0.694. The normalized spacial score (nSPS) is 11.2. The first-order chi connectivity index (χ1) is 24.8. The van der Waals surface area contributed by atoms with Crippen LogP contribution in [0.3, 0.4) is 0 Å². The molecule has 50 heavy (non-hydrogen) atoms. The maximum absolute atomic E-state index is 2.34. The van der Waals surface area contributed by atoms with Gasteiger partial charge in [-0.1, -0.05) is 218 Å². The molecule has 8 aromatic carbocycles. The van der Waals surface area contributed by atoms with E-state index in [-0.39, 0.29) is 11.8 Å². The molecule has 8 aromatic rings. The fourth-order valence-electron chi connectivity index (χ4n) is 7.21. The number of rotatable bonds is 9. The van der Waals surface area contributed by atoms with Gasteiger partial charge >= 0.3 is 0 Å². The van der Waals surface area contributed by atoms with Crippen LogP contribution in [0.2, 0.25) is 0 Å². The Balaban J connectivity index is 1.27. The zero-order valence-corrected chi connectivity index (χ0v) is 27.9. The van der Waals surface area contributed by atoms with Crippen LogP contribution in [0.5, 0.6) is 0 Å². The van der Waals surface area contributed by atoms with Gasteiger partial charge in [0.25, 0.3) is 0 Å². The van der Waals surface area contributed by atoms with Gasteiger partial charge < -0.3 is 0 Å². The Bertz CT molecular complexity index is 1900. The Labute approximate surface area is 296 Å². The van der Waals surface area contributed by atoms with Gasteiger partial charge in [0.2, 0.25) is 0 Å². The minimum atomic E-state index is 0.0785. The molecule has 0 bridgehead atoms. The van der Waals surface area contributed by atoms with Crippen LogP contribution in [0, 0.1) is 0 Å². The van der Waals surface area contributed by atoms with Crippen molar-refractivity contribution in [1.29, 1.82) is 0 Å². The third-order valence-electron chi connectivity index (χ3n) is 9.84. The zero-order chi connectivity index (χ0) is 33.5. The number of hydrogen-bond acceptors (Lipinski definition) is 0. The molecule has 0 aliphatic heterocycles. The molecule has 0 saturated carbocycles. The van der Waals surface area contributed by atoms with Crippen LogP contribution >= 0.6 is 0 Å². The van der Waals surface area contributed by atoms with Crippen molar-refractivity contribution in [2.24, 2.45) is 0 Å². The molecule has 0 radical (unpaired) electrons. The highest BCUT2D eigenvalue weighted by Crippen LogP contribution is 2.44. The van der Waals surface area contributed by atoms with Gasteiger partial charge in [-0.25, -0.2) is 0 Å². The first-order valence-corrected chi connectivity index (χ1v) is 17.4. The lowest BCUT2D eigenvalue weighted by atomic mass is 9.73. The van der Waals surface area contributed by atoms with Crippen LogP contribution in [0.15, 0.2) is 218 Å². The van der Waals surface area contributed by atoms with Crippen molar-refractivity contribution in [2.75, 3.05) is 0 Å². The summed E-state index contributed by atoms with van der Waals surface area (Å²) in [5.41, 5.74) is 15.0. The summed E-state index contributed by atoms with van der Waals surface area (Å²) in [4.78, 5) is 0. The van der Waals surface area contributed by atoms with Crippen molar-refractivity contribution in [1.82, 2.24) is 0 Å². The van der Waals surface area contributed by atoms with Crippen molar-refractivity contribution in [3.63, 3.8) is 0 Å². The van der Waals surface area contributed by atoms with E-state index in [9.17, 15) is 0 Å². The Morgan fingerprint density at radius 1 is 0.160 bits per heavy atom. The van der Waals surface area contributed by atoms with Crippen LogP contribution < -0.4 is 0 Å². The minimum Gasteiger partial charge on any atom is -0.0622 e. The van der Waals surface area contributed by atoms with E-state index >= 15 is 0 Å². The van der Waals surface area contributed by atoms with Gasteiger partial charge in [-0.3, -0.25) is 0 Å². The lowest BCUT2D eigenvalue weighted by Gasteiger charge is -2.30. The maximum atomic E-state index is 2.34. The van der Waals surface area contributed by atoms with E-state index in [2.05, 4.69) is 218 Å². The van der Waals surface area contributed by atoms with Gasteiger partial charge in [0.1, 0.15) is 0 Å². The fourth-order valence-corrected chi connectivity index (χ4v) is 7.21. The molecule has 238 valence electrons. The molecule has 0 heterocycles. The van der Waals surface area contributed by atoms with Crippen molar-refractivity contribution in [3.05, 3.63) is 241 Å². The molecule has 0 unspecified atom stereocenters. The van der Waals surface area contributed by atoms with E-state index in [4.69, 9.17) is 0 Å². The molecule has 8 rings (SSSR count). The molecular weight excluding hydrogens is 601 g/mol. The van der Waals surface area contributed by atoms with E-state index in [1.54, 1.807) is 0 Å².